The number of anilines is 2. The van der Waals surface area contributed by atoms with Crippen molar-refractivity contribution in [3.05, 3.63) is 58.1 Å². The number of hydrogen-bond acceptors (Lipinski definition) is 6. The van der Waals surface area contributed by atoms with E-state index >= 15 is 0 Å². The highest BCUT2D eigenvalue weighted by Gasteiger charge is 2.39. The Morgan fingerprint density at radius 2 is 1.65 bits per heavy atom. The Bertz CT molecular complexity index is 1520. The van der Waals surface area contributed by atoms with Crippen LogP contribution in [0.2, 0.25) is 5.02 Å². The number of halogens is 4. The maximum Gasteiger partial charge on any atom is 0.418 e. The van der Waals surface area contributed by atoms with Gasteiger partial charge in [0, 0.05) is 63.0 Å². The molecule has 2 saturated heterocycles. The molecule has 4 amide bonds. The summed E-state index contributed by atoms with van der Waals surface area (Å²) in [5, 5.41) is 2.70. The first-order valence-corrected chi connectivity index (χ1v) is 17.0. The van der Waals surface area contributed by atoms with Gasteiger partial charge in [0.25, 0.3) is 5.91 Å². The lowest BCUT2D eigenvalue weighted by Crippen LogP contribution is -2.52. The van der Waals surface area contributed by atoms with E-state index in [0.717, 1.165) is 30.2 Å². The number of fused-ring (bicyclic) bond motifs is 1. The lowest BCUT2D eigenvalue weighted by atomic mass is 10.00. The van der Waals surface area contributed by atoms with Crippen LogP contribution in [0.5, 0.6) is 0 Å². The monoisotopic (exact) mass is 690 g/mol. The van der Waals surface area contributed by atoms with Crippen molar-refractivity contribution in [2.45, 2.75) is 81.8 Å². The number of hydrogen-bond donors (Lipinski definition) is 2. The zero-order valence-electron chi connectivity index (χ0n) is 27.0. The standard InChI is InChI=1S/C34H42ClF3N6O4/c1-41(23-6-7-23)24-9-13-42(14-10-24)31(45)29(20-21-18-26(34(36,37)38)30(39)27(35)19-21)48-33(47)43-15-11-25(12-16-43)44-17-8-22-4-2-3-5-28(22)40-32(44)46/h2-5,18-19,23-25,29H,6-17,20,39H2,1H3,(H,40,46). The van der Waals surface area contributed by atoms with Gasteiger partial charge >= 0.3 is 18.3 Å². The molecule has 3 aliphatic heterocycles. The molecule has 1 saturated carbocycles. The third kappa shape index (κ3) is 7.62. The number of nitrogens with two attached hydrogens (primary N) is 1. The maximum atomic E-state index is 13.9. The average molecular weight is 691 g/mol. The molecule has 48 heavy (non-hydrogen) atoms. The van der Waals surface area contributed by atoms with Gasteiger partial charge in [-0.3, -0.25) is 4.79 Å². The molecule has 0 radical (unpaired) electrons. The quantitative estimate of drug-likeness (QED) is 0.365. The average Bonchev–Trinajstić information content (AvgIpc) is 3.93. The van der Waals surface area contributed by atoms with E-state index in [1.54, 1.807) is 4.90 Å². The lowest BCUT2D eigenvalue weighted by molar-refractivity contribution is -0.142. The molecule has 0 aromatic heterocycles. The number of rotatable bonds is 7. The number of benzene rings is 2. The Kier molecular flexibility index (Phi) is 9.98. The van der Waals surface area contributed by atoms with Gasteiger partial charge in [-0.05, 0) is 81.3 Å². The minimum atomic E-state index is -4.76. The Balaban J connectivity index is 1.12. The summed E-state index contributed by atoms with van der Waals surface area (Å²) in [5.41, 5.74) is 5.89. The molecular weight excluding hydrogens is 649 g/mol. The Morgan fingerprint density at radius 1 is 1.00 bits per heavy atom. The molecule has 1 atom stereocenters. The van der Waals surface area contributed by atoms with Crippen LogP contribution < -0.4 is 11.1 Å². The second kappa shape index (κ2) is 14.0. The molecule has 4 aliphatic rings. The first-order valence-electron chi connectivity index (χ1n) is 16.7. The molecule has 3 N–H and O–H groups in total. The van der Waals surface area contributed by atoms with E-state index in [1.807, 2.05) is 29.2 Å². The third-order valence-electron chi connectivity index (χ3n) is 10.2. The fraction of sp³-hybridized carbons (Fsp3) is 0.559. The number of nitrogens with zero attached hydrogens (tertiary/aromatic N) is 4. The predicted molar refractivity (Wildman–Crippen MR) is 176 cm³/mol. The van der Waals surface area contributed by atoms with E-state index in [-0.39, 0.29) is 29.1 Å². The summed E-state index contributed by atoms with van der Waals surface area (Å²) in [6.07, 6.45) is -1.52. The van der Waals surface area contributed by atoms with Gasteiger partial charge in [-0.15, -0.1) is 0 Å². The summed E-state index contributed by atoms with van der Waals surface area (Å²) in [6.45, 7) is 2.06. The molecule has 1 unspecified atom stereocenters. The minimum absolute atomic E-state index is 0.0860. The normalized spacial score (nSPS) is 20.3. The van der Waals surface area contributed by atoms with Crippen LogP contribution in [0.15, 0.2) is 36.4 Å². The first-order chi connectivity index (χ1) is 22.9. The van der Waals surface area contributed by atoms with Gasteiger partial charge in [0.2, 0.25) is 0 Å². The van der Waals surface area contributed by atoms with Gasteiger partial charge in [-0.2, -0.15) is 13.2 Å². The molecule has 14 heteroatoms. The van der Waals surface area contributed by atoms with Crippen molar-refractivity contribution in [3.63, 3.8) is 0 Å². The summed E-state index contributed by atoms with van der Waals surface area (Å²) in [5.74, 6) is -0.451. The van der Waals surface area contributed by atoms with Crippen LogP contribution in [0.25, 0.3) is 0 Å². The van der Waals surface area contributed by atoms with E-state index < -0.39 is 35.5 Å². The van der Waals surface area contributed by atoms with Crippen LogP contribution >= 0.6 is 11.6 Å². The summed E-state index contributed by atoms with van der Waals surface area (Å²) < 4.78 is 47.1. The van der Waals surface area contributed by atoms with Crippen LogP contribution in [-0.2, 0) is 28.5 Å². The van der Waals surface area contributed by atoms with Crippen molar-refractivity contribution in [1.82, 2.24) is 19.6 Å². The van der Waals surface area contributed by atoms with Gasteiger partial charge < -0.3 is 35.4 Å². The zero-order valence-corrected chi connectivity index (χ0v) is 27.7. The number of likely N-dealkylation sites (tertiary alicyclic amines) is 2. The second-order valence-electron chi connectivity index (χ2n) is 13.3. The molecule has 0 bridgehead atoms. The van der Waals surface area contributed by atoms with Gasteiger partial charge in [-0.25, -0.2) is 9.59 Å². The second-order valence-corrected chi connectivity index (χ2v) is 13.7. The number of carbonyl (C=O) groups is 3. The van der Waals surface area contributed by atoms with E-state index in [0.29, 0.717) is 64.1 Å². The van der Waals surface area contributed by atoms with Gasteiger partial charge in [-0.1, -0.05) is 29.8 Å². The molecular formula is C34H42ClF3N6O4. The number of piperidine rings is 2. The Labute approximate surface area is 283 Å². The fourth-order valence-corrected chi connectivity index (χ4v) is 7.43. The lowest BCUT2D eigenvalue weighted by Gasteiger charge is -2.39. The molecule has 3 heterocycles. The molecule has 260 valence electrons. The highest BCUT2D eigenvalue weighted by Crippen LogP contribution is 2.38. The van der Waals surface area contributed by atoms with E-state index in [4.69, 9.17) is 22.1 Å². The van der Waals surface area contributed by atoms with Gasteiger partial charge in [0.05, 0.1) is 16.3 Å². The van der Waals surface area contributed by atoms with Gasteiger partial charge in [0.1, 0.15) is 0 Å². The van der Waals surface area contributed by atoms with E-state index in [9.17, 15) is 27.6 Å². The van der Waals surface area contributed by atoms with Crippen LogP contribution in [-0.4, -0.2) is 102 Å². The SMILES string of the molecule is CN(C1CC1)C1CCN(C(=O)C(Cc2cc(Cl)c(N)c(C(F)(F)F)c2)OC(=O)N2CCC(N3CCc4ccccc4NC3=O)CC2)CC1. The van der Waals surface area contributed by atoms with Crippen LogP contribution in [0.1, 0.15) is 55.2 Å². The molecule has 0 spiro atoms. The third-order valence-corrected chi connectivity index (χ3v) is 10.5. The zero-order chi connectivity index (χ0) is 34.2. The van der Waals surface area contributed by atoms with E-state index in [1.165, 1.54) is 23.8 Å². The number of para-hydroxylation sites is 1. The molecule has 2 aromatic carbocycles. The van der Waals surface area contributed by atoms with Crippen LogP contribution in [0.4, 0.5) is 34.1 Å². The molecule has 3 fully saturated rings. The Morgan fingerprint density at radius 3 is 2.31 bits per heavy atom. The van der Waals surface area contributed by atoms with Crippen molar-refractivity contribution in [3.8, 4) is 0 Å². The van der Waals surface area contributed by atoms with Crippen molar-refractivity contribution >= 4 is 41.0 Å². The summed E-state index contributed by atoms with van der Waals surface area (Å²) in [7, 11) is 2.11. The highest BCUT2D eigenvalue weighted by molar-refractivity contribution is 6.33. The van der Waals surface area contributed by atoms with Gasteiger partial charge in [0.15, 0.2) is 6.10 Å². The van der Waals surface area contributed by atoms with Crippen molar-refractivity contribution < 1.29 is 32.3 Å². The molecule has 1 aliphatic carbocycles. The largest absolute Gasteiger partial charge is 0.436 e. The Hall–Kier alpha value is -3.71. The van der Waals surface area contributed by atoms with Crippen LogP contribution in [0.3, 0.4) is 0 Å². The number of alkyl halides is 3. The molecule has 6 rings (SSSR count). The van der Waals surface area contributed by atoms with E-state index in [2.05, 4.69) is 17.3 Å². The summed E-state index contributed by atoms with van der Waals surface area (Å²) in [6, 6.07) is 10.5. The highest BCUT2D eigenvalue weighted by atomic mass is 35.5. The number of nitrogen functional groups attached to an aromatic ring is 1. The maximum absolute atomic E-state index is 13.9. The number of nitrogens with one attached hydrogen (secondary N) is 1. The number of carbonyl (C=O) groups excluding carboxylic acids is 3. The predicted octanol–water partition coefficient (Wildman–Crippen LogP) is 5.63. The first kappa shape index (κ1) is 34.2. The van der Waals surface area contributed by atoms with Crippen LogP contribution in [0, 0.1) is 0 Å². The smallest absolute Gasteiger partial charge is 0.418 e. The summed E-state index contributed by atoms with van der Waals surface area (Å²) >= 11 is 6.09. The molecule has 10 nitrogen and oxygen atoms in total. The van der Waals surface area contributed by atoms with Crippen molar-refractivity contribution in [1.29, 1.82) is 0 Å². The number of urea groups is 1. The topological polar surface area (TPSA) is 111 Å². The minimum Gasteiger partial charge on any atom is -0.436 e. The van der Waals surface area contributed by atoms with Crippen molar-refractivity contribution in [2.75, 3.05) is 50.8 Å². The summed E-state index contributed by atoms with van der Waals surface area (Å²) in [4.78, 5) is 47.7. The fourth-order valence-electron chi connectivity index (χ4n) is 7.19. The van der Waals surface area contributed by atoms with Crippen molar-refractivity contribution in [2.24, 2.45) is 0 Å². The number of ether oxygens (including phenoxy) is 1. The number of amides is 4. The molecule has 2 aromatic rings.